The first kappa shape index (κ1) is 19.5. The molecule has 0 spiro atoms. The average Bonchev–Trinajstić information content (AvgIpc) is 3.18. The number of rotatable bonds is 5. The lowest BCUT2D eigenvalue weighted by atomic mass is 10.2. The van der Waals surface area contributed by atoms with Crippen molar-refractivity contribution in [1.82, 2.24) is 19.8 Å². The van der Waals surface area contributed by atoms with Crippen LogP contribution in [0.5, 0.6) is 0 Å². The van der Waals surface area contributed by atoms with E-state index in [0.29, 0.717) is 11.5 Å². The Hall–Kier alpha value is -2.30. The van der Waals surface area contributed by atoms with Crippen molar-refractivity contribution in [3.05, 3.63) is 41.6 Å². The molecule has 10 heteroatoms. The van der Waals surface area contributed by atoms with E-state index >= 15 is 0 Å². The van der Waals surface area contributed by atoms with Crippen LogP contribution in [0.2, 0.25) is 0 Å². The first-order valence-electron chi connectivity index (χ1n) is 8.60. The molecular weight excluding hydrogens is 372 g/mol. The lowest BCUT2D eigenvalue weighted by molar-refractivity contribution is -0.0179. The number of carbonyl (C=O) groups excluding carboxylic acids is 1. The highest BCUT2D eigenvalue weighted by Gasteiger charge is 2.34. The van der Waals surface area contributed by atoms with Gasteiger partial charge in [-0.1, -0.05) is 13.8 Å². The third-order valence-corrected chi connectivity index (χ3v) is 6.12. The van der Waals surface area contributed by atoms with Gasteiger partial charge >= 0.3 is 0 Å². The second-order valence-corrected chi connectivity index (χ2v) is 8.40. The van der Waals surface area contributed by atoms with E-state index in [0.717, 1.165) is 0 Å². The minimum absolute atomic E-state index is 0.0773. The summed E-state index contributed by atoms with van der Waals surface area (Å²) < 4.78 is 38.4. The molecule has 0 unspecified atom stereocenters. The maximum atomic E-state index is 12.9. The van der Waals surface area contributed by atoms with Gasteiger partial charge in [0.05, 0.1) is 11.5 Å². The van der Waals surface area contributed by atoms with E-state index in [9.17, 15) is 13.2 Å². The summed E-state index contributed by atoms with van der Waals surface area (Å²) >= 11 is 0. The normalized spacial score (nSPS) is 18.6. The molecule has 1 aliphatic rings. The zero-order valence-corrected chi connectivity index (χ0v) is 16.2. The fraction of sp³-hybridized carbons (Fsp3) is 0.471. The summed E-state index contributed by atoms with van der Waals surface area (Å²) in [5.41, 5.74) is 0.392. The molecule has 1 fully saturated rings. The number of ether oxygens (including phenoxy) is 1. The highest BCUT2D eigenvalue weighted by atomic mass is 32.2. The number of sulfonamides is 1. The number of carbonyl (C=O) groups is 1. The van der Waals surface area contributed by atoms with Gasteiger partial charge in [-0.05, 0) is 24.3 Å². The summed E-state index contributed by atoms with van der Waals surface area (Å²) in [6, 6.07) is 5.81. The van der Waals surface area contributed by atoms with Crippen LogP contribution in [0.15, 0.2) is 33.6 Å². The predicted molar refractivity (Wildman–Crippen MR) is 95.7 cm³/mol. The highest BCUT2D eigenvalue weighted by Crippen LogP contribution is 2.27. The molecule has 1 N–H and O–H groups in total. The molecule has 1 saturated heterocycles. The minimum atomic E-state index is -3.73. The van der Waals surface area contributed by atoms with Gasteiger partial charge in [0.1, 0.15) is 6.10 Å². The smallest absolute Gasteiger partial charge is 0.251 e. The number of aromatic nitrogens is 2. The maximum Gasteiger partial charge on any atom is 0.251 e. The monoisotopic (exact) mass is 394 g/mol. The van der Waals surface area contributed by atoms with Crippen LogP contribution in [0.4, 0.5) is 0 Å². The summed E-state index contributed by atoms with van der Waals surface area (Å²) in [5.74, 6) is 0.559. The first-order valence-corrected chi connectivity index (χ1v) is 10.0. The summed E-state index contributed by atoms with van der Waals surface area (Å²) in [7, 11) is -2.21. The molecular formula is C17H22N4O5S. The lowest BCUT2D eigenvalue weighted by Crippen LogP contribution is -2.42. The van der Waals surface area contributed by atoms with Crippen molar-refractivity contribution in [3.8, 4) is 0 Å². The molecule has 0 saturated carbocycles. The van der Waals surface area contributed by atoms with Gasteiger partial charge < -0.3 is 14.5 Å². The van der Waals surface area contributed by atoms with Crippen LogP contribution in [-0.4, -0.2) is 55.6 Å². The van der Waals surface area contributed by atoms with Gasteiger partial charge in [0.15, 0.2) is 0 Å². The second kappa shape index (κ2) is 7.75. The fourth-order valence-electron chi connectivity index (χ4n) is 2.68. The van der Waals surface area contributed by atoms with Gasteiger partial charge in [0.2, 0.25) is 21.8 Å². The van der Waals surface area contributed by atoms with Crippen LogP contribution >= 0.6 is 0 Å². The molecule has 0 aliphatic carbocycles. The number of hydrogen-bond donors (Lipinski definition) is 1. The summed E-state index contributed by atoms with van der Waals surface area (Å²) in [6.07, 6.45) is -0.612. The number of nitrogens with zero attached hydrogens (tertiary/aromatic N) is 3. The molecule has 3 rings (SSSR count). The quantitative estimate of drug-likeness (QED) is 0.813. The molecule has 1 aromatic heterocycles. The van der Waals surface area contributed by atoms with Gasteiger partial charge in [-0.2, -0.15) is 4.31 Å². The number of nitrogens with one attached hydrogen (secondary N) is 1. The van der Waals surface area contributed by atoms with Gasteiger partial charge in [-0.15, -0.1) is 10.2 Å². The van der Waals surface area contributed by atoms with Crippen molar-refractivity contribution in [1.29, 1.82) is 0 Å². The van der Waals surface area contributed by atoms with E-state index in [1.54, 1.807) is 0 Å². The largest absolute Gasteiger partial charge is 0.422 e. The van der Waals surface area contributed by atoms with Crippen molar-refractivity contribution >= 4 is 15.9 Å². The van der Waals surface area contributed by atoms with Crippen molar-refractivity contribution < 1.29 is 22.4 Å². The Morgan fingerprint density at radius 2 is 1.96 bits per heavy atom. The van der Waals surface area contributed by atoms with Crippen molar-refractivity contribution in [3.63, 3.8) is 0 Å². The Kier molecular flexibility index (Phi) is 5.59. The van der Waals surface area contributed by atoms with E-state index in [1.165, 1.54) is 35.6 Å². The van der Waals surface area contributed by atoms with Crippen LogP contribution < -0.4 is 5.32 Å². The van der Waals surface area contributed by atoms with Gasteiger partial charge in [-0.25, -0.2) is 8.42 Å². The molecule has 1 amide bonds. The minimum Gasteiger partial charge on any atom is -0.422 e. The summed E-state index contributed by atoms with van der Waals surface area (Å²) in [4.78, 5) is 11.7. The molecule has 1 aromatic carbocycles. The fourth-order valence-corrected chi connectivity index (χ4v) is 4.10. The maximum absolute atomic E-state index is 12.9. The Morgan fingerprint density at radius 1 is 1.26 bits per heavy atom. The molecule has 1 atom stereocenters. The summed E-state index contributed by atoms with van der Waals surface area (Å²) in [6.45, 7) is 4.39. The lowest BCUT2D eigenvalue weighted by Gasteiger charge is -2.30. The number of amides is 1. The zero-order chi connectivity index (χ0) is 19.6. The van der Waals surface area contributed by atoms with E-state index in [1.807, 2.05) is 13.8 Å². The van der Waals surface area contributed by atoms with E-state index in [2.05, 4.69) is 15.5 Å². The van der Waals surface area contributed by atoms with Crippen LogP contribution in [0.3, 0.4) is 0 Å². The Bertz CT molecular complexity index is 908. The second-order valence-electron chi connectivity index (χ2n) is 6.46. The number of hydrogen-bond acceptors (Lipinski definition) is 7. The molecule has 2 aromatic rings. The molecule has 1 aliphatic heterocycles. The third-order valence-electron chi connectivity index (χ3n) is 4.24. The van der Waals surface area contributed by atoms with Crippen molar-refractivity contribution in [2.45, 2.75) is 30.8 Å². The van der Waals surface area contributed by atoms with Crippen LogP contribution in [0.1, 0.15) is 48.0 Å². The standard InChI is InChI=1S/C17H22N4O5S/c1-11(2)16-19-20-17(26-16)14-10-21(8-9-25-14)27(23,24)13-6-4-12(5-7-13)15(22)18-3/h4-7,11,14H,8-10H2,1-3H3,(H,18,22)/t14-/m1/s1. The molecule has 0 radical (unpaired) electrons. The third kappa shape index (κ3) is 4.02. The highest BCUT2D eigenvalue weighted by molar-refractivity contribution is 7.89. The first-order chi connectivity index (χ1) is 12.8. The van der Waals surface area contributed by atoms with Crippen LogP contribution in [-0.2, 0) is 14.8 Å². The topological polar surface area (TPSA) is 115 Å². The van der Waals surface area contributed by atoms with Crippen LogP contribution in [0, 0.1) is 0 Å². The molecule has 27 heavy (non-hydrogen) atoms. The van der Waals surface area contributed by atoms with Gasteiger partial charge in [0, 0.05) is 31.6 Å². The molecule has 0 bridgehead atoms. The average molecular weight is 394 g/mol. The molecule has 9 nitrogen and oxygen atoms in total. The Balaban J connectivity index is 1.78. The number of benzene rings is 1. The van der Waals surface area contributed by atoms with Crippen molar-refractivity contribution in [2.75, 3.05) is 26.7 Å². The van der Waals surface area contributed by atoms with Gasteiger partial charge in [0.25, 0.3) is 5.91 Å². The van der Waals surface area contributed by atoms with E-state index in [-0.39, 0.29) is 42.3 Å². The zero-order valence-electron chi connectivity index (χ0n) is 15.4. The van der Waals surface area contributed by atoms with Crippen LogP contribution in [0.25, 0.3) is 0 Å². The predicted octanol–water partition coefficient (Wildman–Crippen LogP) is 1.31. The number of morpholine rings is 1. The Labute approximate surface area is 157 Å². The Morgan fingerprint density at radius 3 is 2.56 bits per heavy atom. The summed E-state index contributed by atoms with van der Waals surface area (Å²) in [5, 5.41) is 10.4. The van der Waals surface area contributed by atoms with Crippen molar-refractivity contribution in [2.24, 2.45) is 0 Å². The SMILES string of the molecule is CNC(=O)c1ccc(S(=O)(=O)N2CCO[C@@H](c3nnc(C(C)C)o3)C2)cc1. The molecule has 146 valence electrons. The van der Waals surface area contributed by atoms with Gasteiger partial charge in [-0.3, -0.25) is 4.79 Å². The van der Waals surface area contributed by atoms with E-state index < -0.39 is 16.1 Å². The van der Waals surface area contributed by atoms with E-state index in [4.69, 9.17) is 9.15 Å². The molecule has 2 heterocycles.